The van der Waals surface area contributed by atoms with Crippen LogP contribution in [0, 0.1) is 11.3 Å². The van der Waals surface area contributed by atoms with E-state index in [1.54, 1.807) is 4.90 Å². The molecule has 160 valence electrons. The van der Waals surface area contributed by atoms with Gasteiger partial charge in [-0.15, -0.1) is 0 Å². The number of imide groups is 1. The molecule has 2 aliphatic heterocycles. The van der Waals surface area contributed by atoms with Crippen molar-refractivity contribution in [3.05, 3.63) is 42.0 Å². The summed E-state index contributed by atoms with van der Waals surface area (Å²) < 4.78 is 0. The molecule has 1 spiro atoms. The third-order valence-corrected chi connectivity index (χ3v) is 6.62. The molecular formula is C24H31N3O3. The van der Waals surface area contributed by atoms with Crippen molar-refractivity contribution in [3.63, 3.8) is 0 Å². The summed E-state index contributed by atoms with van der Waals surface area (Å²) in [5, 5.41) is 2.95. The Balaban J connectivity index is 1.42. The van der Waals surface area contributed by atoms with Crippen molar-refractivity contribution in [2.45, 2.75) is 52.0 Å². The molecule has 4 rings (SSSR count). The van der Waals surface area contributed by atoms with Gasteiger partial charge < -0.3 is 10.2 Å². The van der Waals surface area contributed by atoms with E-state index < -0.39 is 11.6 Å². The van der Waals surface area contributed by atoms with E-state index in [-0.39, 0.29) is 23.8 Å². The number of rotatable bonds is 3. The fourth-order valence-electron chi connectivity index (χ4n) is 5.69. The third-order valence-electron chi connectivity index (χ3n) is 6.62. The van der Waals surface area contributed by atoms with Crippen LogP contribution in [0.15, 0.2) is 36.4 Å². The van der Waals surface area contributed by atoms with E-state index in [4.69, 9.17) is 0 Å². The summed E-state index contributed by atoms with van der Waals surface area (Å²) in [6.07, 6.45) is 5.12. The molecule has 1 aromatic carbocycles. The van der Waals surface area contributed by atoms with Gasteiger partial charge >= 0.3 is 6.03 Å². The molecule has 1 aromatic rings. The van der Waals surface area contributed by atoms with Crippen molar-refractivity contribution in [2.75, 3.05) is 19.6 Å². The van der Waals surface area contributed by atoms with Crippen molar-refractivity contribution < 1.29 is 14.4 Å². The largest absolute Gasteiger partial charge is 0.337 e. The Bertz CT molecular complexity index is 892. The monoisotopic (exact) mass is 409 g/mol. The van der Waals surface area contributed by atoms with Crippen molar-refractivity contribution in [2.24, 2.45) is 11.3 Å². The molecule has 1 aliphatic carbocycles. The first kappa shape index (κ1) is 20.6. The normalized spacial score (nSPS) is 28.5. The zero-order valence-corrected chi connectivity index (χ0v) is 18.1. The number of urea groups is 1. The van der Waals surface area contributed by atoms with E-state index in [0.29, 0.717) is 31.8 Å². The molecule has 0 bridgehead atoms. The molecule has 6 heteroatoms. The van der Waals surface area contributed by atoms with E-state index in [2.05, 4.69) is 44.3 Å². The lowest BCUT2D eigenvalue weighted by atomic mass is 9.64. The van der Waals surface area contributed by atoms with Crippen molar-refractivity contribution in [1.29, 1.82) is 0 Å². The average molecular weight is 410 g/mol. The van der Waals surface area contributed by atoms with E-state index in [1.165, 1.54) is 11.1 Å². The topological polar surface area (TPSA) is 69.7 Å². The molecule has 2 heterocycles. The van der Waals surface area contributed by atoms with Crippen LogP contribution in [0.3, 0.4) is 0 Å². The van der Waals surface area contributed by atoms with Gasteiger partial charge in [-0.05, 0) is 48.2 Å². The van der Waals surface area contributed by atoms with Crippen LogP contribution in [0.4, 0.5) is 4.79 Å². The van der Waals surface area contributed by atoms with Gasteiger partial charge in [0.05, 0.1) is 0 Å². The summed E-state index contributed by atoms with van der Waals surface area (Å²) in [5.74, 6) is -0.0719. The van der Waals surface area contributed by atoms with E-state index in [0.717, 1.165) is 17.7 Å². The van der Waals surface area contributed by atoms with Crippen molar-refractivity contribution in [3.8, 4) is 0 Å². The Morgan fingerprint density at radius 1 is 1.17 bits per heavy atom. The maximum Gasteiger partial charge on any atom is 0.325 e. The first-order valence-electron chi connectivity index (χ1n) is 10.9. The molecule has 1 N–H and O–H groups in total. The van der Waals surface area contributed by atoms with Crippen LogP contribution >= 0.6 is 0 Å². The summed E-state index contributed by atoms with van der Waals surface area (Å²) in [4.78, 5) is 41.6. The second kappa shape index (κ2) is 7.56. The zero-order valence-electron chi connectivity index (χ0n) is 18.1. The van der Waals surface area contributed by atoms with Gasteiger partial charge in [0.15, 0.2) is 0 Å². The highest BCUT2D eigenvalue weighted by atomic mass is 16.2. The summed E-state index contributed by atoms with van der Waals surface area (Å²) in [5.41, 5.74) is 1.52. The highest BCUT2D eigenvalue weighted by Gasteiger charge is 2.56. The molecule has 0 radical (unpaired) electrons. The number of amides is 4. The van der Waals surface area contributed by atoms with Crippen molar-refractivity contribution in [1.82, 2.24) is 15.1 Å². The highest BCUT2D eigenvalue weighted by Crippen LogP contribution is 2.46. The molecular weight excluding hydrogens is 378 g/mol. The Morgan fingerprint density at radius 3 is 2.53 bits per heavy atom. The standard InChI is InChI=1S/C24H31N3O3/c1-17-13-23(2,3)16-24(14-17)21(29)27(22(30)25-24)15-20(28)26-11-9-19(10-12-26)18-7-5-4-6-8-18/h4-9,17H,10-16H2,1-3H3,(H,25,30)/t17-,24-/m0/s1. The first-order chi connectivity index (χ1) is 14.2. The molecule has 1 saturated carbocycles. The van der Waals surface area contributed by atoms with E-state index in [1.807, 2.05) is 18.2 Å². The van der Waals surface area contributed by atoms with Gasteiger partial charge in [0.2, 0.25) is 5.91 Å². The molecule has 2 atom stereocenters. The fourth-order valence-corrected chi connectivity index (χ4v) is 5.69. The second-order valence-electron chi connectivity index (χ2n) is 9.94. The number of hydrogen-bond acceptors (Lipinski definition) is 3. The average Bonchev–Trinajstić information content (AvgIpc) is 2.90. The fraction of sp³-hybridized carbons (Fsp3) is 0.542. The third kappa shape index (κ3) is 3.87. The number of carbonyl (C=O) groups is 3. The van der Waals surface area contributed by atoms with Crippen LogP contribution in [0.1, 0.15) is 52.0 Å². The Labute approximate surface area is 178 Å². The quantitative estimate of drug-likeness (QED) is 0.778. The molecule has 4 amide bonds. The van der Waals surface area contributed by atoms with Gasteiger partial charge in [-0.25, -0.2) is 4.79 Å². The lowest BCUT2D eigenvalue weighted by Crippen LogP contribution is -2.54. The molecule has 0 unspecified atom stereocenters. The summed E-state index contributed by atoms with van der Waals surface area (Å²) in [6.45, 7) is 7.32. The Morgan fingerprint density at radius 2 is 1.90 bits per heavy atom. The maximum atomic E-state index is 13.2. The van der Waals surface area contributed by atoms with Crippen LogP contribution in [0.2, 0.25) is 0 Å². The number of benzene rings is 1. The smallest absolute Gasteiger partial charge is 0.325 e. The Hall–Kier alpha value is -2.63. The lowest BCUT2D eigenvalue weighted by molar-refractivity contribution is -0.140. The van der Waals surface area contributed by atoms with Gasteiger partial charge in [0.25, 0.3) is 5.91 Å². The van der Waals surface area contributed by atoms with Crippen LogP contribution in [0.5, 0.6) is 0 Å². The SMILES string of the molecule is C[C@H]1CC(C)(C)C[C@]2(C1)NC(=O)N(CC(=O)N1CC=C(c3ccccc3)CC1)C2=O. The number of nitrogens with one attached hydrogen (secondary N) is 1. The van der Waals surface area contributed by atoms with Crippen LogP contribution in [-0.2, 0) is 9.59 Å². The van der Waals surface area contributed by atoms with Gasteiger partial charge in [0.1, 0.15) is 12.1 Å². The van der Waals surface area contributed by atoms with Gasteiger partial charge in [0, 0.05) is 13.1 Å². The van der Waals surface area contributed by atoms with Gasteiger partial charge in [-0.3, -0.25) is 14.5 Å². The molecule has 0 aromatic heterocycles. The van der Waals surface area contributed by atoms with Crippen LogP contribution in [-0.4, -0.2) is 52.8 Å². The summed E-state index contributed by atoms with van der Waals surface area (Å²) >= 11 is 0. The number of carbonyl (C=O) groups excluding carboxylic acids is 3. The van der Waals surface area contributed by atoms with Gasteiger partial charge in [-0.1, -0.05) is 57.2 Å². The van der Waals surface area contributed by atoms with Gasteiger partial charge in [-0.2, -0.15) is 0 Å². The first-order valence-corrected chi connectivity index (χ1v) is 10.9. The predicted molar refractivity (Wildman–Crippen MR) is 115 cm³/mol. The second-order valence-corrected chi connectivity index (χ2v) is 9.94. The van der Waals surface area contributed by atoms with E-state index in [9.17, 15) is 14.4 Å². The molecule has 2 fully saturated rings. The summed E-state index contributed by atoms with van der Waals surface area (Å²) in [7, 11) is 0. The molecule has 6 nitrogen and oxygen atoms in total. The number of hydrogen-bond donors (Lipinski definition) is 1. The molecule has 30 heavy (non-hydrogen) atoms. The van der Waals surface area contributed by atoms with Crippen LogP contribution in [0.25, 0.3) is 5.57 Å². The predicted octanol–water partition coefficient (Wildman–Crippen LogP) is 3.44. The highest BCUT2D eigenvalue weighted by molar-refractivity contribution is 6.09. The van der Waals surface area contributed by atoms with Crippen LogP contribution < -0.4 is 5.32 Å². The molecule has 1 saturated heterocycles. The minimum atomic E-state index is -0.860. The zero-order chi connectivity index (χ0) is 21.5. The number of nitrogens with zero attached hydrogens (tertiary/aromatic N) is 2. The van der Waals surface area contributed by atoms with E-state index >= 15 is 0 Å². The Kier molecular flexibility index (Phi) is 5.20. The maximum absolute atomic E-state index is 13.2. The minimum Gasteiger partial charge on any atom is -0.337 e. The summed E-state index contributed by atoms with van der Waals surface area (Å²) in [6, 6.07) is 9.71. The minimum absolute atomic E-state index is 0.0217. The molecule has 3 aliphatic rings. The van der Waals surface area contributed by atoms with Crippen molar-refractivity contribution >= 4 is 23.4 Å². The lowest BCUT2D eigenvalue weighted by Gasteiger charge is -2.43.